The first-order valence-electron chi connectivity index (χ1n) is 9.50. The smallest absolute Gasteiger partial charge is 0.227 e. The van der Waals surface area contributed by atoms with E-state index in [2.05, 4.69) is 33.9 Å². The van der Waals surface area contributed by atoms with Crippen LogP contribution in [0.5, 0.6) is 5.75 Å². The molecule has 0 aliphatic heterocycles. The molecule has 1 atom stereocenters. The van der Waals surface area contributed by atoms with E-state index in [0.29, 0.717) is 5.56 Å². The van der Waals surface area contributed by atoms with Crippen LogP contribution in [0.2, 0.25) is 18.1 Å². The highest BCUT2D eigenvalue weighted by molar-refractivity contribution is 6.74. The number of aryl methyl sites for hydroxylation is 1. The summed E-state index contributed by atoms with van der Waals surface area (Å²) in [5, 5.41) is 21.5. The Labute approximate surface area is 171 Å². The van der Waals surface area contributed by atoms with Crippen LogP contribution in [0.25, 0.3) is 0 Å². The second-order valence-electron chi connectivity index (χ2n) is 8.82. The number of benzene rings is 1. The summed E-state index contributed by atoms with van der Waals surface area (Å²) in [6.45, 7) is 11.9. The van der Waals surface area contributed by atoms with E-state index in [1.807, 2.05) is 19.1 Å². The first-order valence-corrected chi connectivity index (χ1v) is 12.4. The lowest BCUT2D eigenvalue weighted by molar-refractivity contribution is -0.482. The fourth-order valence-electron chi connectivity index (χ4n) is 2.62. The molecule has 2 rings (SSSR count). The topological polar surface area (TPSA) is 103 Å². The van der Waals surface area contributed by atoms with Gasteiger partial charge >= 0.3 is 0 Å². The highest BCUT2D eigenvalue weighted by Crippen LogP contribution is 2.37. The fourth-order valence-corrected chi connectivity index (χ4v) is 3.55. The first-order chi connectivity index (χ1) is 13.3. The van der Waals surface area contributed by atoms with Gasteiger partial charge in [0.05, 0.1) is 6.61 Å². The van der Waals surface area contributed by atoms with Crippen molar-refractivity contribution in [3.05, 3.63) is 73.3 Å². The number of nitro groups is 1. The van der Waals surface area contributed by atoms with Crippen LogP contribution in [0.1, 0.15) is 49.3 Å². The molecule has 0 fully saturated rings. The quantitative estimate of drug-likeness (QED) is 0.400. The van der Waals surface area contributed by atoms with Crippen molar-refractivity contribution < 1.29 is 18.9 Å². The Kier molecular flexibility index (Phi) is 6.69. The summed E-state index contributed by atoms with van der Waals surface area (Å²) in [6.07, 6.45) is 0. The van der Waals surface area contributed by atoms with Gasteiger partial charge in [-0.2, -0.15) is 0 Å². The average Bonchev–Trinajstić information content (AvgIpc) is 2.60. The number of rotatable bonds is 7. The van der Waals surface area contributed by atoms with Crippen LogP contribution in [0.4, 0.5) is 0 Å². The zero-order valence-corrected chi connectivity index (χ0v) is 18.8. The lowest BCUT2D eigenvalue weighted by Gasteiger charge is -2.35. The minimum atomic E-state index is -2.09. The molecule has 0 aliphatic carbocycles. The Morgan fingerprint density at radius 2 is 1.83 bits per heavy atom. The van der Waals surface area contributed by atoms with Gasteiger partial charge in [0.2, 0.25) is 17.7 Å². The van der Waals surface area contributed by atoms with Gasteiger partial charge in [-0.25, -0.2) is 0 Å². The average molecular weight is 420 g/mol. The van der Waals surface area contributed by atoms with E-state index in [1.54, 1.807) is 12.1 Å². The molecule has 1 heterocycles. The molecule has 1 aromatic carbocycles. The van der Waals surface area contributed by atoms with Crippen molar-refractivity contribution in [2.24, 2.45) is 0 Å². The van der Waals surface area contributed by atoms with Crippen LogP contribution in [-0.4, -0.2) is 24.9 Å². The van der Waals surface area contributed by atoms with E-state index >= 15 is 0 Å². The Morgan fingerprint density at radius 1 is 1.24 bits per heavy atom. The van der Waals surface area contributed by atoms with Gasteiger partial charge in [-0.3, -0.25) is 14.9 Å². The number of hydrogen-bond acceptors (Lipinski definition) is 6. The number of nitrogens with zero attached hydrogens (tertiary/aromatic N) is 1. The van der Waals surface area contributed by atoms with Crippen molar-refractivity contribution in [3.63, 3.8) is 0 Å². The van der Waals surface area contributed by atoms with Crippen molar-refractivity contribution >= 4 is 8.32 Å². The molecular weight excluding hydrogens is 390 g/mol. The van der Waals surface area contributed by atoms with E-state index in [0.717, 1.165) is 5.56 Å². The van der Waals surface area contributed by atoms with Gasteiger partial charge in [0.15, 0.2) is 14.1 Å². The summed E-state index contributed by atoms with van der Waals surface area (Å²) in [5.74, 6) is -1.35. The van der Waals surface area contributed by atoms with Crippen molar-refractivity contribution in [2.45, 2.75) is 58.4 Å². The van der Waals surface area contributed by atoms with Gasteiger partial charge < -0.3 is 13.9 Å². The highest BCUT2D eigenvalue weighted by Gasteiger charge is 2.37. The molecule has 0 saturated carbocycles. The third-order valence-corrected chi connectivity index (χ3v) is 9.99. The summed E-state index contributed by atoms with van der Waals surface area (Å²) in [5.41, 5.74) is 0.949. The zero-order chi connectivity index (χ0) is 22.0. The summed E-state index contributed by atoms with van der Waals surface area (Å²) in [4.78, 5) is 23.1. The van der Waals surface area contributed by atoms with Crippen molar-refractivity contribution in [2.75, 3.05) is 6.54 Å². The van der Waals surface area contributed by atoms with Gasteiger partial charge in [-0.1, -0.05) is 50.6 Å². The van der Waals surface area contributed by atoms with E-state index in [1.165, 1.54) is 6.07 Å². The van der Waals surface area contributed by atoms with Gasteiger partial charge in [-0.05, 0) is 30.6 Å². The summed E-state index contributed by atoms with van der Waals surface area (Å²) >= 11 is 0. The maximum Gasteiger partial charge on any atom is 0.227 e. The van der Waals surface area contributed by atoms with E-state index in [-0.39, 0.29) is 23.2 Å². The molecule has 29 heavy (non-hydrogen) atoms. The molecule has 0 aliphatic rings. The summed E-state index contributed by atoms with van der Waals surface area (Å²) < 4.78 is 11.9. The molecule has 0 amide bonds. The van der Waals surface area contributed by atoms with E-state index < -0.39 is 36.9 Å². The Hall–Kier alpha value is -2.45. The second kappa shape index (κ2) is 8.50. The van der Waals surface area contributed by atoms with Crippen LogP contribution >= 0.6 is 0 Å². The Morgan fingerprint density at radius 3 is 2.34 bits per heavy atom. The van der Waals surface area contributed by atoms with Crippen LogP contribution in [0.3, 0.4) is 0 Å². The number of aromatic hydroxyl groups is 1. The van der Waals surface area contributed by atoms with Crippen LogP contribution in [0.15, 0.2) is 39.5 Å². The van der Waals surface area contributed by atoms with E-state index in [4.69, 9.17) is 8.84 Å². The second-order valence-corrected chi connectivity index (χ2v) is 13.6. The molecule has 1 aromatic heterocycles. The molecule has 7 nitrogen and oxygen atoms in total. The highest BCUT2D eigenvalue weighted by atomic mass is 28.4. The lowest BCUT2D eigenvalue weighted by Crippen LogP contribution is -2.40. The van der Waals surface area contributed by atoms with Gasteiger partial charge in [0.25, 0.3) is 0 Å². The SMILES string of the molecule is Cc1ccc(C(C[N+](=O)[O-])c2oc(CO[Si](C)(C)C(C)(C)C)cc(=O)c2O)cc1. The normalized spacial score (nSPS) is 13.3. The lowest BCUT2D eigenvalue weighted by atomic mass is 9.94. The molecule has 1 N–H and O–H groups in total. The standard InChI is InChI=1S/C21H29NO6Si/c1-14-7-9-15(10-8-14)17(12-22(25)26)20-19(24)18(23)11-16(28-20)13-27-29(5,6)21(2,3)4/h7-11,17,24H,12-13H2,1-6H3. The monoisotopic (exact) mass is 419 g/mol. The summed E-state index contributed by atoms with van der Waals surface area (Å²) in [7, 11) is -2.09. The zero-order valence-electron chi connectivity index (χ0n) is 17.8. The van der Waals surface area contributed by atoms with Gasteiger partial charge in [0, 0.05) is 11.0 Å². The Bertz CT molecular complexity index is 928. The maximum atomic E-state index is 12.3. The minimum Gasteiger partial charge on any atom is -0.502 e. The van der Waals surface area contributed by atoms with Crippen LogP contribution in [0, 0.1) is 17.0 Å². The fraction of sp³-hybridized carbons (Fsp3) is 0.476. The van der Waals surface area contributed by atoms with E-state index in [9.17, 15) is 20.0 Å². The molecule has 8 heteroatoms. The van der Waals surface area contributed by atoms with Crippen molar-refractivity contribution in [3.8, 4) is 5.75 Å². The molecule has 0 saturated heterocycles. The van der Waals surface area contributed by atoms with Gasteiger partial charge in [-0.15, -0.1) is 0 Å². The molecular formula is C21H29NO6Si. The molecule has 158 valence electrons. The molecule has 0 radical (unpaired) electrons. The largest absolute Gasteiger partial charge is 0.502 e. The molecule has 0 bridgehead atoms. The Balaban J connectivity index is 2.45. The maximum absolute atomic E-state index is 12.3. The summed E-state index contributed by atoms with van der Waals surface area (Å²) in [6, 6.07) is 8.30. The molecule has 1 unspecified atom stereocenters. The molecule has 0 spiro atoms. The minimum absolute atomic E-state index is 0.0247. The van der Waals surface area contributed by atoms with Crippen molar-refractivity contribution in [1.82, 2.24) is 0 Å². The predicted octanol–water partition coefficient (Wildman–Crippen LogP) is 4.58. The van der Waals surface area contributed by atoms with Crippen LogP contribution in [-0.2, 0) is 11.0 Å². The van der Waals surface area contributed by atoms with Crippen LogP contribution < -0.4 is 5.43 Å². The third kappa shape index (κ3) is 5.54. The number of hydrogen-bond donors (Lipinski definition) is 1. The third-order valence-electron chi connectivity index (χ3n) is 5.51. The molecule has 2 aromatic rings. The van der Waals surface area contributed by atoms with Crippen molar-refractivity contribution in [1.29, 1.82) is 0 Å². The van der Waals surface area contributed by atoms with Gasteiger partial charge in [0.1, 0.15) is 11.7 Å². The first kappa shape index (κ1) is 22.8. The predicted molar refractivity (Wildman–Crippen MR) is 114 cm³/mol.